The summed E-state index contributed by atoms with van der Waals surface area (Å²) in [5, 5.41) is 12.2. The number of anilines is 3. The largest absolute Gasteiger partial charge is 0.369 e. The molecule has 2 aliphatic heterocycles. The van der Waals surface area contributed by atoms with Crippen molar-refractivity contribution in [3.63, 3.8) is 0 Å². The van der Waals surface area contributed by atoms with Crippen molar-refractivity contribution in [2.75, 3.05) is 48.7 Å². The van der Waals surface area contributed by atoms with Crippen LogP contribution in [0.5, 0.6) is 0 Å². The van der Waals surface area contributed by atoms with Crippen molar-refractivity contribution >= 4 is 29.3 Å². The highest BCUT2D eigenvalue weighted by molar-refractivity contribution is 6.07. The molecular weight excluding hydrogens is 444 g/mol. The van der Waals surface area contributed by atoms with E-state index in [0.717, 1.165) is 25.3 Å². The van der Waals surface area contributed by atoms with E-state index in [1.165, 1.54) is 31.0 Å². The Kier molecular flexibility index (Phi) is 8.85. The second-order valence-electron chi connectivity index (χ2n) is 9.19. The Morgan fingerprint density at radius 2 is 1.74 bits per heavy atom. The van der Waals surface area contributed by atoms with E-state index >= 15 is 0 Å². The molecule has 1 aromatic carbocycles. The molecule has 6 N–H and O–H groups in total. The van der Waals surface area contributed by atoms with Gasteiger partial charge in [-0.3, -0.25) is 14.5 Å². The fourth-order valence-electron chi connectivity index (χ4n) is 4.33. The quantitative estimate of drug-likeness (QED) is 0.449. The molecule has 4 rings (SSSR count). The lowest BCUT2D eigenvalue weighted by Crippen LogP contribution is -2.41. The zero-order valence-corrected chi connectivity index (χ0v) is 20.2. The van der Waals surface area contributed by atoms with E-state index in [4.69, 9.17) is 5.73 Å². The van der Waals surface area contributed by atoms with E-state index < -0.39 is 6.04 Å². The maximum absolute atomic E-state index is 13.1. The number of piperidine rings is 1. The van der Waals surface area contributed by atoms with Crippen LogP contribution in [0.1, 0.15) is 54.4 Å². The molecule has 3 heterocycles. The number of likely N-dealkylation sites (tertiary alicyclic amines) is 1. The Morgan fingerprint density at radius 1 is 1.00 bits per heavy atom. The number of hydrogen-bond donors (Lipinski definition) is 5. The lowest BCUT2D eigenvalue weighted by molar-refractivity contribution is -0.122. The van der Waals surface area contributed by atoms with Crippen LogP contribution in [0.2, 0.25) is 0 Å². The van der Waals surface area contributed by atoms with Crippen LogP contribution >= 0.6 is 0 Å². The number of aromatic nitrogens is 2. The van der Waals surface area contributed by atoms with Crippen LogP contribution in [0, 0.1) is 0 Å². The second-order valence-corrected chi connectivity index (χ2v) is 9.19. The molecule has 1 aromatic heterocycles. The third kappa shape index (κ3) is 7.37. The summed E-state index contributed by atoms with van der Waals surface area (Å²) in [4.78, 5) is 36.4. The van der Waals surface area contributed by atoms with E-state index in [9.17, 15) is 9.59 Å². The first-order chi connectivity index (χ1) is 17.1. The van der Waals surface area contributed by atoms with Crippen LogP contribution in [0.25, 0.3) is 0 Å². The molecule has 2 aromatic rings. The van der Waals surface area contributed by atoms with Crippen molar-refractivity contribution in [2.24, 2.45) is 5.73 Å². The third-order valence-electron chi connectivity index (χ3n) is 6.36. The summed E-state index contributed by atoms with van der Waals surface area (Å²) >= 11 is 0. The maximum atomic E-state index is 13.1. The molecule has 10 heteroatoms. The van der Waals surface area contributed by atoms with E-state index in [-0.39, 0.29) is 11.8 Å². The van der Waals surface area contributed by atoms with Crippen LogP contribution in [0.3, 0.4) is 0 Å². The first-order valence-corrected chi connectivity index (χ1v) is 12.6. The maximum Gasteiger partial charge on any atom is 0.260 e. The molecule has 0 spiro atoms. The minimum absolute atomic E-state index is 0.140. The van der Waals surface area contributed by atoms with Gasteiger partial charge in [0.05, 0.1) is 6.04 Å². The number of rotatable bonds is 4. The van der Waals surface area contributed by atoms with Crippen LogP contribution in [-0.4, -0.2) is 65.4 Å². The SMILES string of the molecule is N[C@H]1CCCNc2nc(ncc2C(=O)Nc2ccc(CN3CCCCC3)cc2)NCCCNC1=O. The van der Waals surface area contributed by atoms with E-state index in [1.54, 1.807) is 0 Å². The van der Waals surface area contributed by atoms with Gasteiger partial charge in [0.25, 0.3) is 5.91 Å². The number of nitrogens with two attached hydrogens (primary N) is 1. The molecule has 10 nitrogen and oxygen atoms in total. The van der Waals surface area contributed by atoms with Crippen molar-refractivity contribution in [1.82, 2.24) is 20.2 Å². The van der Waals surface area contributed by atoms with Gasteiger partial charge < -0.3 is 27.0 Å². The number of fused-ring (bicyclic) bond motifs is 2. The van der Waals surface area contributed by atoms with Gasteiger partial charge in [-0.25, -0.2) is 4.98 Å². The highest BCUT2D eigenvalue weighted by Crippen LogP contribution is 2.19. The van der Waals surface area contributed by atoms with Gasteiger partial charge in [0.2, 0.25) is 11.9 Å². The average Bonchev–Trinajstić information content (AvgIpc) is 2.87. The lowest BCUT2D eigenvalue weighted by Gasteiger charge is -2.26. The van der Waals surface area contributed by atoms with Gasteiger partial charge in [-0.1, -0.05) is 18.6 Å². The van der Waals surface area contributed by atoms with E-state index in [2.05, 4.69) is 48.3 Å². The topological polar surface area (TPSA) is 137 Å². The fraction of sp³-hybridized carbons (Fsp3) is 0.520. The average molecular weight is 481 g/mol. The zero-order chi connectivity index (χ0) is 24.5. The van der Waals surface area contributed by atoms with Crippen LogP contribution in [0.15, 0.2) is 30.5 Å². The van der Waals surface area contributed by atoms with Gasteiger partial charge in [0, 0.05) is 38.1 Å². The molecule has 0 aliphatic carbocycles. The molecule has 0 unspecified atom stereocenters. The Hall–Kier alpha value is -3.24. The second kappa shape index (κ2) is 12.5. The summed E-state index contributed by atoms with van der Waals surface area (Å²) in [6, 6.07) is 7.46. The number of nitrogens with one attached hydrogen (secondary N) is 4. The highest BCUT2D eigenvalue weighted by Gasteiger charge is 2.17. The molecule has 35 heavy (non-hydrogen) atoms. The number of carbonyl (C=O) groups excluding carboxylic acids is 2. The number of carbonyl (C=O) groups is 2. The minimum Gasteiger partial charge on any atom is -0.369 e. The van der Waals surface area contributed by atoms with Crippen molar-refractivity contribution < 1.29 is 9.59 Å². The number of nitrogens with zero attached hydrogens (tertiary/aromatic N) is 3. The summed E-state index contributed by atoms with van der Waals surface area (Å²) in [5.74, 6) is 0.474. The summed E-state index contributed by atoms with van der Waals surface area (Å²) in [5.41, 5.74) is 8.30. The van der Waals surface area contributed by atoms with Gasteiger partial charge in [-0.15, -0.1) is 0 Å². The predicted molar refractivity (Wildman–Crippen MR) is 137 cm³/mol. The summed E-state index contributed by atoms with van der Waals surface area (Å²) in [7, 11) is 0. The van der Waals surface area contributed by atoms with Crippen molar-refractivity contribution in [3.05, 3.63) is 41.6 Å². The standard InChI is InChI=1S/C25H36N8O2/c26-21-6-4-11-27-22-20(16-30-25(32-22)29-13-5-12-28-24(21)35)23(34)31-19-9-7-18(8-10-19)17-33-14-2-1-3-15-33/h7-10,16,21H,1-6,11-15,17,26H2,(H,28,35)(H,31,34)(H2,27,29,30,32)/t21-/m0/s1. The van der Waals surface area contributed by atoms with E-state index in [1.807, 2.05) is 12.1 Å². The van der Waals surface area contributed by atoms with Gasteiger partial charge >= 0.3 is 0 Å². The zero-order valence-electron chi connectivity index (χ0n) is 20.2. The predicted octanol–water partition coefficient (Wildman–Crippen LogP) is 2.17. The van der Waals surface area contributed by atoms with Crippen molar-refractivity contribution in [3.8, 4) is 0 Å². The van der Waals surface area contributed by atoms with E-state index in [0.29, 0.717) is 56.2 Å². The van der Waals surface area contributed by atoms with Crippen LogP contribution < -0.4 is 27.0 Å². The highest BCUT2D eigenvalue weighted by atomic mass is 16.2. The Labute approximate surface area is 206 Å². The van der Waals surface area contributed by atoms with Crippen molar-refractivity contribution in [2.45, 2.75) is 51.1 Å². The molecule has 0 radical (unpaired) electrons. The first kappa shape index (κ1) is 24.9. The third-order valence-corrected chi connectivity index (χ3v) is 6.36. The molecule has 2 amide bonds. The molecule has 2 aliphatic rings. The summed E-state index contributed by atoms with van der Waals surface area (Å²) in [6.07, 6.45) is 7.31. The molecule has 1 saturated heterocycles. The number of amides is 2. The number of benzene rings is 1. The van der Waals surface area contributed by atoms with Gasteiger partial charge in [0.15, 0.2) is 0 Å². The molecule has 188 valence electrons. The molecule has 1 fully saturated rings. The molecular formula is C25H36N8O2. The van der Waals surface area contributed by atoms with Crippen LogP contribution in [-0.2, 0) is 11.3 Å². The smallest absolute Gasteiger partial charge is 0.260 e. The lowest BCUT2D eigenvalue weighted by atomic mass is 10.1. The van der Waals surface area contributed by atoms with Gasteiger partial charge in [-0.2, -0.15) is 4.98 Å². The minimum atomic E-state index is -0.547. The van der Waals surface area contributed by atoms with Crippen molar-refractivity contribution in [1.29, 1.82) is 0 Å². The van der Waals surface area contributed by atoms with Gasteiger partial charge in [0.1, 0.15) is 11.4 Å². The van der Waals surface area contributed by atoms with Gasteiger partial charge in [-0.05, 0) is 62.9 Å². The molecule has 2 bridgehead atoms. The monoisotopic (exact) mass is 480 g/mol. The summed E-state index contributed by atoms with van der Waals surface area (Å²) in [6.45, 7) is 4.89. The Morgan fingerprint density at radius 3 is 2.54 bits per heavy atom. The Bertz CT molecular complexity index is 991. The molecule has 0 saturated carbocycles. The fourth-order valence-corrected chi connectivity index (χ4v) is 4.33. The van der Waals surface area contributed by atoms with Crippen LogP contribution in [0.4, 0.5) is 17.5 Å². The number of hydrogen-bond acceptors (Lipinski definition) is 8. The normalized spacial score (nSPS) is 20.0. The first-order valence-electron chi connectivity index (χ1n) is 12.6. The Balaban J connectivity index is 1.40. The molecule has 1 atom stereocenters. The summed E-state index contributed by atoms with van der Waals surface area (Å²) < 4.78 is 0.